The smallest absolute Gasteiger partial charge is 0.315 e. The number of carbonyl (C=O) groups excluding carboxylic acids is 3. The van der Waals surface area contributed by atoms with Gasteiger partial charge in [-0.3, -0.25) is 9.59 Å². The SMILES string of the molecule is CC(C)CCCCCCNC(=O)CCC(=O)N1Cc2ccccc2-c2c(nnn2CCOCCOCCOCCNC(=O)NC(C)C)-c2ccccc21. The molecule has 0 aliphatic carbocycles. The van der Waals surface area contributed by atoms with E-state index < -0.39 is 0 Å². The van der Waals surface area contributed by atoms with Crippen molar-refractivity contribution in [2.24, 2.45) is 5.92 Å². The van der Waals surface area contributed by atoms with Gasteiger partial charge < -0.3 is 35.1 Å². The summed E-state index contributed by atoms with van der Waals surface area (Å²) < 4.78 is 18.8. The lowest BCUT2D eigenvalue weighted by atomic mass is 9.95. The molecule has 0 fully saturated rings. The number of unbranched alkanes of at least 4 members (excludes halogenated alkanes) is 3. The Morgan fingerprint density at radius 1 is 0.755 bits per heavy atom. The summed E-state index contributed by atoms with van der Waals surface area (Å²) >= 11 is 0. The molecule has 0 saturated heterocycles. The first-order chi connectivity index (χ1) is 25.7. The maximum atomic E-state index is 13.8. The van der Waals surface area contributed by atoms with E-state index in [4.69, 9.17) is 14.2 Å². The monoisotopic (exact) mass is 733 g/mol. The molecule has 3 N–H and O–H groups in total. The van der Waals surface area contributed by atoms with Crippen molar-refractivity contribution in [3.63, 3.8) is 0 Å². The van der Waals surface area contributed by atoms with Crippen LogP contribution in [-0.2, 0) is 36.9 Å². The zero-order valence-electron chi connectivity index (χ0n) is 32.0. The van der Waals surface area contributed by atoms with Crippen LogP contribution in [-0.4, -0.2) is 91.6 Å². The molecule has 1 aliphatic heterocycles. The molecular formula is C40H59N7O6. The van der Waals surface area contributed by atoms with Crippen molar-refractivity contribution >= 4 is 23.5 Å². The molecule has 0 atom stereocenters. The van der Waals surface area contributed by atoms with Crippen molar-refractivity contribution in [3.05, 3.63) is 54.1 Å². The molecule has 2 aromatic carbocycles. The average Bonchev–Trinajstić information content (AvgIpc) is 3.54. The zero-order valence-corrected chi connectivity index (χ0v) is 32.0. The number of anilines is 1. The minimum Gasteiger partial charge on any atom is -0.377 e. The highest BCUT2D eigenvalue weighted by Crippen LogP contribution is 2.41. The lowest BCUT2D eigenvalue weighted by molar-refractivity contribution is -0.125. The molecule has 4 amide bonds. The third-order valence-corrected chi connectivity index (χ3v) is 8.83. The van der Waals surface area contributed by atoms with Gasteiger partial charge in [0.25, 0.3) is 0 Å². The number of amides is 4. The molecule has 1 aliphatic rings. The van der Waals surface area contributed by atoms with Crippen molar-refractivity contribution in [3.8, 4) is 22.5 Å². The summed E-state index contributed by atoms with van der Waals surface area (Å²) in [5, 5.41) is 17.6. The second-order valence-corrected chi connectivity index (χ2v) is 14.0. The van der Waals surface area contributed by atoms with Gasteiger partial charge in [0, 0.05) is 43.1 Å². The summed E-state index contributed by atoms with van der Waals surface area (Å²) in [6.45, 7) is 12.7. The van der Waals surface area contributed by atoms with E-state index in [0.717, 1.165) is 46.8 Å². The minimum absolute atomic E-state index is 0.0864. The molecule has 13 nitrogen and oxygen atoms in total. The first-order valence-corrected chi connectivity index (χ1v) is 19.2. The molecule has 0 spiro atoms. The fourth-order valence-electron chi connectivity index (χ4n) is 6.14. The third kappa shape index (κ3) is 13.9. The van der Waals surface area contributed by atoms with Gasteiger partial charge >= 0.3 is 6.03 Å². The van der Waals surface area contributed by atoms with Crippen molar-refractivity contribution in [2.75, 3.05) is 57.6 Å². The first kappa shape index (κ1) is 41.4. The predicted molar refractivity (Wildman–Crippen MR) is 206 cm³/mol. The van der Waals surface area contributed by atoms with Crippen LogP contribution in [0.5, 0.6) is 0 Å². The van der Waals surface area contributed by atoms with Gasteiger partial charge in [0.2, 0.25) is 11.8 Å². The van der Waals surface area contributed by atoms with Crippen LogP contribution < -0.4 is 20.9 Å². The number of ether oxygens (including phenoxy) is 3. The number of hydrogen-bond acceptors (Lipinski definition) is 8. The average molecular weight is 734 g/mol. The number of benzene rings is 2. The molecular weight excluding hydrogens is 674 g/mol. The molecule has 0 radical (unpaired) electrons. The van der Waals surface area contributed by atoms with Gasteiger partial charge in [-0.2, -0.15) is 0 Å². The Balaban J connectivity index is 1.27. The minimum atomic E-state index is -0.204. The van der Waals surface area contributed by atoms with Crippen LogP contribution >= 0.6 is 0 Å². The molecule has 13 heteroatoms. The predicted octanol–water partition coefficient (Wildman–Crippen LogP) is 5.72. The van der Waals surface area contributed by atoms with Crippen LogP contribution in [0.4, 0.5) is 10.5 Å². The van der Waals surface area contributed by atoms with Crippen LogP contribution in [0.1, 0.15) is 78.2 Å². The Hall–Kier alpha value is -4.33. The number of nitrogens with zero attached hydrogens (tertiary/aromatic N) is 4. The molecule has 0 unspecified atom stereocenters. The molecule has 0 bridgehead atoms. The van der Waals surface area contributed by atoms with Gasteiger partial charge in [-0.05, 0) is 37.8 Å². The van der Waals surface area contributed by atoms with Crippen LogP contribution in [0.2, 0.25) is 0 Å². The quantitative estimate of drug-likeness (QED) is 0.105. The number of urea groups is 1. The largest absolute Gasteiger partial charge is 0.377 e. The second-order valence-electron chi connectivity index (χ2n) is 14.0. The highest BCUT2D eigenvalue weighted by atomic mass is 16.5. The molecule has 4 rings (SSSR count). The molecule has 290 valence electrons. The second kappa shape index (κ2) is 22.7. The Morgan fingerprint density at radius 2 is 1.43 bits per heavy atom. The van der Waals surface area contributed by atoms with Crippen molar-refractivity contribution in [1.82, 2.24) is 30.9 Å². The van der Waals surface area contributed by atoms with E-state index >= 15 is 0 Å². The van der Waals surface area contributed by atoms with Crippen LogP contribution in [0.25, 0.3) is 22.5 Å². The first-order valence-electron chi connectivity index (χ1n) is 19.2. The lowest BCUT2D eigenvalue weighted by Gasteiger charge is -2.28. The third-order valence-electron chi connectivity index (χ3n) is 8.83. The lowest BCUT2D eigenvalue weighted by Crippen LogP contribution is -2.40. The van der Waals surface area contributed by atoms with E-state index in [1.807, 2.05) is 67.1 Å². The van der Waals surface area contributed by atoms with Gasteiger partial charge in [-0.15, -0.1) is 5.10 Å². The summed E-state index contributed by atoms with van der Waals surface area (Å²) in [5.41, 5.74) is 5.03. The number of para-hydroxylation sites is 1. The maximum absolute atomic E-state index is 13.8. The van der Waals surface area contributed by atoms with E-state index in [1.165, 1.54) is 19.3 Å². The molecule has 53 heavy (non-hydrogen) atoms. The van der Waals surface area contributed by atoms with Gasteiger partial charge in [0.1, 0.15) is 5.69 Å². The van der Waals surface area contributed by atoms with Crippen molar-refractivity contribution < 1.29 is 28.6 Å². The zero-order chi connectivity index (χ0) is 37.8. The summed E-state index contributed by atoms with van der Waals surface area (Å²) in [4.78, 5) is 39.8. The molecule has 0 saturated carbocycles. The number of nitrogens with one attached hydrogen (secondary N) is 3. The van der Waals surface area contributed by atoms with Gasteiger partial charge in [0.05, 0.1) is 64.1 Å². The van der Waals surface area contributed by atoms with Crippen LogP contribution in [0.15, 0.2) is 48.5 Å². The molecule has 3 aromatic rings. The maximum Gasteiger partial charge on any atom is 0.315 e. The Bertz CT molecular complexity index is 1580. The topological polar surface area (TPSA) is 149 Å². The molecule has 2 heterocycles. The Kier molecular flexibility index (Phi) is 17.7. The van der Waals surface area contributed by atoms with Crippen LogP contribution in [0, 0.1) is 5.92 Å². The van der Waals surface area contributed by atoms with Gasteiger partial charge in [0.15, 0.2) is 0 Å². The number of aromatic nitrogens is 3. The van der Waals surface area contributed by atoms with Gasteiger partial charge in [-0.1, -0.05) is 87.2 Å². The number of rotatable bonds is 23. The highest BCUT2D eigenvalue weighted by Gasteiger charge is 2.29. The van der Waals surface area contributed by atoms with Gasteiger partial charge in [-0.25, -0.2) is 9.48 Å². The van der Waals surface area contributed by atoms with E-state index in [2.05, 4.69) is 40.1 Å². The number of fused-ring (bicyclic) bond motifs is 5. The van der Waals surface area contributed by atoms with E-state index in [1.54, 1.807) is 4.90 Å². The van der Waals surface area contributed by atoms with E-state index in [0.29, 0.717) is 71.5 Å². The number of hydrogen-bond donors (Lipinski definition) is 3. The number of carbonyl (C=O) groups is 3. The normalized spacial score (nSPS) is 12.2. The summed E-state index contributed by atoms with van der Waals surface area (Å²) in [5.74, 6) is 0.519. The summed E-state index contributed by atoms with van der Waals surface area (Å²) in [7, 11) is 0. The summed E-state index contributed by atoms with van der Waals surface area (Å²) in [6.07, 6.45) is 5.96. The molecule has 1 aromatic heterocycles. The van der Waals surface area contributed by atoms with Crippen LogP contribution in [0.3, 0.4) is 0 Å². The Morgan fingerprint density at radius 3 is 2.19 bits per heavy atom. The fourth-order valence-corrected chi connectivity index (χ4v) is 6.14. The van der Waals surface area contributed by atoms with Crippen molar-refractivity contribution in [2.45, 2.75) is 91.8 Å². The summed E-state index contributed by atoms with van der Waals surface area (Å²) in [6, 6.07) is 15.6. The Labute approximate surface area is 314 Å². The fraction of sp³-hybridized carbons (Fsp3) is 0.575. The van der Waals surface area contributed by atoms with E-state index in [-0.39, 0.29) is 36.7 Å². The standard InChI is InChI=1S/C40H59N7O6/c1-30(2)13-7-5-6-12-20-41-36(48)18-19-37(49)46-29-32-14-8-9-15-33(32)39-38(34-16-10-11-17-35(34)46)44-45-47(39)22-24-52-26-28-53-27-25-51-23-21-42-40(50)43-31(3)4/h8-11,14-17,30-31H,5-7,12-13,18-29H2,1-4H3,(H,41,48)(H2,42,43,50). The van der Waals surface area contributed by atoms with Crippen molar-refractivity contribution in [1.29, 1.82) is 0 Å². The highest BCUT2D eigenvalue weighted by molar-refractivity contribution is 6.01. The van der Waals surface area contributed by atoms with E-state index in [9.17, 15) is 14.4 Å².